The molecule has 1 aromatic carbocycles. The van der Waals surface area contributed by atoms with Crippen molar-refractivity contribution in [1.29, 1.82) is 0 Å². The molecule has 2 aromatic rings. The first kappa shape index (κ1) is 17.8. The van der Waals surface area contributed by atoms with E-state index >= 15 is 0 Å². The Balaban J connectivity index is 2.04. The van der Waals surface area contributed by atoms with Gasteiger partial charge in [-0.15, -0.1) is 0 Å². The minimum absolute atomic E-state index is 0.114. The Hall–Kier alpha value is -1.97. The Kier molecular flexibility index (Phi) is 4.56. The van der Waals surface area contributed by atoms with Crippen LogP contribution in [0.4, 0.5) is 0 Å². The van der Waals surface area contributed by atoms with Gasteiger partial charge in [-0.1, -0.05) is 12.1 Å². The predicted octanol–water partition coefficient (Wildman–Crippen LogP) is 2.39. The summed E-state index contributed by atoms with van der Waals surface area (Å²) < 4.78 is 30.3. The molecular formula is C16H14BrNO6S. The zero-order chi connectivity index (χ0) is 18.4. The van der Waals surface area contributed by atoms with Crippen molar-refractivity contribution in [2.24, 2.45) is 0 Å². The summed E-state index contributed by atoms with van der Waals surface area (Å²) >= 11 is 3.32. The van der Waals surface area contributed by atoms with Crippen LogP contribution in [0.2, 0.25) is 0 Å². The molecule has 0 bridgehead atoms. The maximum atomic E-state index is 12.8. The molecule has 0 radical (unpaired) electrons. The standard InChI is InChI=1S/C16H14BrNO6S/c1-24-25(22,23)10-4-2-3-9(7-10)15(19)13-8-12(17)14-11(16(20)21)5-6-18(13)14/h2-4,7-8,11H,5-6H2,1H3,(H,20,21). The van der Waals surface area contributed by atoms with Crippen LogP contribution in [-0.2, 0) is 25.6 Å². The number of carbonyl (C=O) groups is 2. The quantitative estimate of drug-likeness (QED) is 0.580. The average molecular weight is 428 g/mol. The zero-order valence-corrected chi connectivity index (χ0v) is 15.5. The van der Waals surface area contributed by atoms with E-state index in [1.165, 1.54) is 24.3 Å². The van der Waals surface area contributed by atoms with Crippen LogP contribution in [0.1, 0.15) is 34.1 Å². The number of fused-ring (bicyclic) bond motifs is 1. The maximum Gasteiger partial charge on any atom is 0.312 e. The average Bonchev–Trinajstić information content (AvgIpc) is 3.16. The number of ketones is 1. The van der Waals surface area contributed by atoms with Gasteiger partial charge in [0.15, 0.2) is 0 Å². The van der Waals surface area contributed by atoms with Gasteiger partial charge in [-0.3, -0.25) is 13.8 Å². The number of carboxylic acid groups (broad SMARTS) is 1. The second kappa shape index (κ2) is 6.40. The molecule has 0 aliphatic carbocycles. The van der Waals surface area contributed by atoms with Crippen molar-refractivity contribution < 1.29 is 27.3 Å². The van der Waals surface area contributed by atoms with Gasteiger partial charge in [0, 0.05) is 22.3 Å². The molecule has 1 aliphatic heterocycles. The zero-order valence-electron chi connectivity index (χ0n) is 13.1. The van der Waals surface area contributed by atoms with Crippen LogP contribution >= 0.6 is 15.9 Å². The van der Waals surface area contributed by atoms with Crippen LogP contribution in [-0.4, -0.2) is 37.0 Å². The fraction of sp³-hybridized carbons (Fsp3) is 0.250. The van der Waals surface area contributed by atoms with Crippen molar-refractivity contribution in [3.8, 4) is 0 Å². The van der Waals surface area contributed by atoms with E-state index in [4.69, 9.17) is 0 Å². The molecule has 2 heterocycles. The summed E-state index contributed by atoms with van der Waals surface area (Å²) in [5.74, 6) is -1.99. The number of halogens is 1. The van der Waals surface area contributed by atoms with Crippen LogP contribution in [0.25, 0.3) is 0 Å². The van der Waals surface area contributed by atoms with Crippen LogP contribution in [0.3, 0.4) is 0 Å². The summed E-state index contributed by atoms with van der Waals surface area (Å²) in [4.78, 5) is 24.1. The lowest BCUT2D eigenvalue weighted by Gasteiger charge is -2.07. The van der Waals surface area contributed by atoms with Gasteiger partial charge < -0.3 is 9.67 Å². The van der Waals surface area contributed by atoms with Crippen molar-refractivity contribution in [3.05, 3.63) is 51.8 Å². The Morgan fingerprint density at radius 2 is 2.04 bits per heavy atom. The monoisotopic (exact) mass is 427 g/mol. The first-order valence-electron chi connectivity index (χ1n) is 7.33. The Morgan fingerprint density at radius 3 is 2.68 bits per heavy atom. The largest absolute Gasteiger partial charge is 0.481 e. The van der Waals surface area contributed by atoms with E-state index in [1.54, 1.807) is 10.6 Å². The third-order valence-electron chi connectivity index (χ3n) is 4.20. The highest BCUT2D eigenvalue weighted by Gasteiger charge is 2.34. The number of hydrogen-bond acceptors (Lipinski definition) is 5. The Bertz CT molecular complexity index is 979. The molecule has 25 heavy (non-hydrogen) atoms. The molecule has 132 valence electrons. The van der Waals surface area contributed by atoms with Gasteiger partial charge in [-0.05, 0) is 40.5 Å². The molecule has 0 saturated heterocycles. The fourth-order valence-electron chi connectivity index (χ4n) is 2.99. The van der Waals surface area contributed by atoms with Crippen molar-refractivity contribution in [1.82, 2.24) is 4.57 Å². The summed E-state index contributed by atoms with van der Waals surface area (Å²) in [5, 5.41) is 9.30. The van der Waals surface area contributed by atoms with Crippen molar-refractivity contribution in [2.75, 3.05) is 7.11 Å². The minimum atomic E-state index is -3.91. The first-order chi connectivity index (χ1) is 11.8. The minimum Gasteiger partial charge on any atom is -0.481 e. The number of hydrogen-bond donors (Lipinski definition) is 1. The number of benzene rings is 1. The normalized spacial score (nSPS) is 16.6. The summed E-state index contributed by atoms with van der Waals surface area (Å²) in [6, 6.07) is 7.13. The second-order valence-electron chi connectivity index (χ2n) is 5.57. The van der Waals surface area contributed by atoms with Crippen LogP contribution in [0.15, 0.2) is 39.7 Å². The molecule has 1 atom stereocenters. The lowest BCUT2D eigenvalue weighted by Crippen LogP contribution is -2.11. The van der Waals surface area contributed by atoms with E-state index in [1.807, 2.05) is 0 Å². The van der Waals surface area contributed by atoms with E-state index < -0.39 is 22.0 Å². The molecule has 3 rings (SSSR count). The number of aromatic nitrogens is 1. The van der Waals surface area contributed by atoms with Gasteiger partial charge in [0.05, 0.1) is 23.6 Å². The smallest absolute Gasteiger partial charge is 0.312 e. The summed E-state index contributed by atoms with van der Waals surface area (Å²) in [7, 11) is -2.86. The molecule has 0 fully saturated rings. The SMILES string of the molecule is COS(=O)(=O)c1cccc(C(=O)c2cc(Br)c3n2CCC3C(=O)O)c1. The third-order valence-corrected chi connectivity index (χ3v) is 6.10. The van der Waals surface area contributed by atoms with Crippen LogP contribution < -0.4 is 0 Å². The highest BCUT2D eigenvalue weighted by Crippen LogP contribution is 2.37. The molecule has 0 saturated carbocycles. The second-order valence-corrected chi connectivity index (χ2v) is 8.14. The number of nitrogens with zero attached hydrogens (tertiary/aromatic N) is 1. The number of carboxylic acids is 1. The number of aliphatic carboxylic acids is 1. The lowest BCUT2D eigenvalue weighted by atomic mass is 10.1. The van der Waals surface area contributed by atoms with E-state index in [2.05, 4.69) is 20.1 Å². The van der Waals surface area contributed by atoms with Crippen molar-refractivity contribution in [2.45, 2.75) is 23.8 Å². The third kappa shape index (κ3) is 3.03. The van der Waals surface area contributed by atoms with E-state index in [-0.39, 0.29) is 16.2 Å². The Morgan fingerprint density at radius 1 is 1.32 bits per heavy atom. The molecule has 1 N–H and O–H groups in total. The van der Waals surface area contributed by atoms with E-state index in [9.17, 15) is 23.1 Å². The highest BCUT2D eigenvalue weighted by molar-refractivity contribution is 9.10. The van der Waals surface area contributed by atoms with Crippen LogP contribution in [0.5, 0.6) is 0 Å². The molecule has 0 amide bonds. The topological polar surface area (TPSA) is 103 Å². The highest BCUT2D eigenvalue weighted by atomic mass is 79.9. The summed E-state index contributed by atoms with van der Waals surface area (Å²) in [6.07, 6.45) is 0.405. The van der Waals surface area contributed by atoms with Crippen molar-refractivity contribution in [3.63, 3.8) is 0 Å². The van der Waals surface area contributed by atoms with Gasteiger partial charge in [-0.25, -0.2) is 0 Å². The van der Waals surface area contributed by atoms with Gasteiger partial charge in [-0.2, -0.15) is 8.42 Å². The number of rotatable bonds is 5. The molecule has 1 unspecified atom stereocenters. The number of carbonyl (C=O) groups excluding carboxylic acids is 1. The Labute approximate surface area is 152 Å². The molecular weight excluding hydrogens is 414 g/mol. The summed E-state index contributed by atoms with van der Waals surface area (Å²) in [6.45, 7) is 0.412. The fourth-order valence-corrected chi connectivity index (χ4v) is 4.40. The molecule has 1 aliphatic rings. The molecule has 0 spiro atoms. The van der Waals surface area contributed by atoms with Gasteiger partial charge in [0.1, 0.15) is 0 Å². The maximum absolute atomic E-state index is 12.8. The lowest BCUT2D eigenvalue weighted by molar-refractivity contribution is -0.138. The van der Waals surface area contributed by atoms with Crippen LogP contribution in [0, 0.1) is 0 Å². The van der Waals surface area contributed by atoms with Gasteiger partial charge >= 0.3 is 5.97 Å². The van der Waals surface area contributed by atoms with E-state index in [0.29, 0.717) is 28.8 Å². The van der Waals surface area contributed by atoms with Gasteiger partial charge in [0.25, 0.3) is 10.1 Å². The van der Waals surface area contributed by atoms with Gasteiger partial charge in [0.2, 0.25) is 5.78 Å². The predicted molar refractivity (Wildman–Crippen MR) is 91.2 cm³/mol. The molecule has 1 aromatic heterocycles. The van der Waals surface area contributed by atoms with Crippen molar-refractivity contribution >= 4 is 37.8 Å². The molecule has 7 nitrogen and oxygen atoms in total. The van der Waals surface area contributed by atoms with E-state index in [0.717, 1.165) is 7.11 Å². The first-order valence-corrected chi connectivity index (χ1v) is 9.53. The molecule has 9 heteroatoms. The summed E-state index contributed by atoms with van der Waals surface area (Å²) in [5.41, 5.74) is 1.05.